The van der Waals surface area contributed by atoms with Crippen molar-refractivity contribution in [3.63, 3.8) is 0 Å². The van der Waals surface area contributed by atoms with E-state index in [0.717, 1.165) is 88.6 Å². The fraction of sp³-hybridized carbons (Fsp3) is 0.0769. The van der Waals surface area contributed by atoms with Gasteiger partial charge in [0, 0.05) is 43.8 Å². The number of fused-ring (bicyclic) bond motifs is 6. The quantitative estimate of drug-likeness (QED) is 0.163. The third-order valence-electron chi connectivity index (χ3n) is 11.4. The first-order valence-corrected chi connectivity index (χ1v) is 20.4. The summed E-state index contributed by atoms with van der Waals surface area (Å²) in [6.07, 6.45) is 0. The maximum absolute atomic E-state index is 10.9. The van der Waals surface area contributed by atoms with Crippen LogP contribution in [0.2, 0.25) is 0 Å². The number of pyridine rings is 1. The topological polar surface area (TPSA) is 124 Å². The number of hydrogen-bond acceptors (Lipinski definition) is 8. The number of para-hydroxylation sites is 2. The van der Waals surface area contributed by atoms with Crippen molar-refractivity contribution in [2.75, 3.05) is 0 Å². The smallest absolute Gasteiger partial charge is 0.163 e. The molecular weight excluding hydrogens is 765 g/mol. The Morgan fingerprint density at radius 1 is 0.387 bits per heavy atom. The summed E-state index contributed by atoms with van der Waals surface area (Å²) in [7, 11) is 0. The molecule has 0 atom stereocenters. The van der Waals surface area contributed by atoms with Crippen LogP contribution in [-0.4, -0.2) is 44.0 Å². The molecule has 62 heavy (non-hydrogen) atoms. The van der Waals surface area contributed by atoms with Crippen LogP contribution in [0.1, 0.15) is 28.9 Å². The van der Waals surface area contributed by atoms with Crippen molar-refractivity contribution >= 4 is 43.6 Å². The highest BCUT2D eigenvalue weighted by atomic mass is 15.0. The lowest BCUT2D eigenvalue weighted by Crippen LogP contribution is -2.06. The van der Waals surface area contributed by atoms with Crippen LogP contribution in [0.5, 0.6) is 0 Å². The molecule has 0 saturated carbocycles. The van der Waals surface area contributed by atoms with Gasteiger partial charge in [0.1, 0.15) is 23.3 Å². The molecule has 11 rings (SSSR count). The van der Waals surface area contributed by atoms with Crippen molar-refractivity contribution in [2.45, 2.75) is 27.7 Å². The molecule has 0 aliphatic rings. The summed E-state index contributed by atoms with van der Waals surface area (Å²) in [5, 5.41) is 15.1. The molecular formula is C52H36N10. The van der Waals surface area contributed by atoms with Crippen LogP contribution in [0.4, 0.5) is 0 Å². The summed E-state index contributed by atoms with van der Waals surface area (Å²) in [6, 6.07) is 52.4. The summed E-state index contributed by atoms with van der Waals surface area (Å²) in [4.78, 5) is 33.1. The van der Waals surface area contributed by atoms with Crippen molar-refractivity contribution in [3.05, 3.63) is 174 Å². The SMILES string of the molecule is Cc1nc(C)nc(-c2ccc3c(c2)c2ccccc2n3-c2cc(C#N)cc(-n3c4ccccc4c4cc(-c5nc(C)nc(C)n5)ccc43)c2-c2cccc(-c3ccccc3)n2)n1. The van der Waals surface area contributed by atoms with E-state index in [2.05, 4.69) is 134 Å². The number of rotatable bonds is 6. The predicted molar refractivity (Wildman–Crippen MR) is 245 cm³/mol. The monoisotopic (exact) mass is 800 g/mol. The second kappa shape index (κ2) is 14.4. The lowest BCUT2D eigenvalue weighted by atomic mass is 10.0. The van der Waals surface area contributed by atoms with Gasteiger partial charge in [0.2, 0.25) is 0 Å². The molecule has 6 aromatic carbocycles. The van der Waals surface area contributed by atoms with Gasteiger partial charge in [0.15, 0.2) is 11.6 Å². The molecule has 0 saturated heterocycles. The summed E-state index contributed by atoms with van der Waals surface area (Å²) in [5.74, 6) is 3.93. The van der Waals surface area contributed by atoms with E-state index in [0.29, 0.717) is 40.5 Å². The average Bonchev–Trinajstić information content (AvgIpc) is 3.80. The number of aryl methyl sites for hydroxylation is 4. The zero-order valence-corrected chi connectivity index (χ0v) is 34.3. The second-order valence-electron chi connectivity index (χ2n) is 15.5. The Hall–Kier alpha value is -8.42. The maximum Gasteiger partial charge on any atom is 0.163 e. The first kappa shape index (κ1) is 36.6. The summed E-state index contributed by atoms with van der Waals surface area (Å²) in [6.45, 7) is 7.55. The molecule has 0 spiro atoms. The van der Waals surface area contributed by atoms with Crippen molar-refractivity contribution in [2.24, 2.45) is 0 Å². The Bertz CT molecular complexity index is 3420. The Balaban J connectivity index is 1.25. The lowest BCUT2D eigenvalue weighted by molar-refractivity contribution is 0.928. The fourth-order valence-corrected chi connectivity index (χ4v) is 8.87. The fourth-order valence-electron chi connectivity index (χ4n) is 8.87. The standard InChI is InChI=1S/C52H36N10/c1-30-54-31(2)57-51(56-30)36-21-23-46-40(27-36)38-15-8-10-19-44(38)61(46)48-25-34(29-53)26-49(50(48)43-18-12-17-42(60-43)35-13-6-5-7-14-35)62-45-20-11-9-16-39(45)41-28-37(22-24-47(41)62)52-58-32(3)55-33(4)59-52/h5-28H,1-4H3. The molecule has 0 N–H and O–H groups in total. The first-order valence-electron chi connectivity index (χ1n) is 20.4. The molecule has 0 fully saturated rings. The van der Waals surface area contributed by atoms with Gasteiger partial charge in [0.05, 0.1) is 56.5 Å². The van der Waals surface area contributed by atoms with E-state index in [-0.39, 0.29) is 0 Å². The molecule has 0 amide bonds. The molecule has 5 aromatic heterocycles. The van der Waals surface area contributed by atoms with Gasteiger partial charge in [-0.1, -0.05) is 72.8 Å². The minimum absolute atomic E-state index is 0.510. The molecule has 5 heterocycles. The second-order valence-corrected chi connectivity index (χ2v) is 15.5. The minimum Gasteiger partial charge on any atom is -0.308 e. The highest BCUT2D eigenvalue weighted by Crippen LogP contribution is 2.43. The summed E-state index contributed by atoms with van der Waals surface area (Å²) < 4.78 is 4.54. The van der Waals surface area contributed by atoms with Crippen LogP contribution in [0.15, 0.2) is 146 Å². The predicted octanol–water partition coefficient (Wildman–Crippen LogP) is 11.4. The average molecular weight is 801 g/mol. The number of nitriles is 1. The van der Waals surface area contributed by atoms with Crippen LogP contribution in [0.25, 0.3) is 100 Å². The van der Waals surface area contributed by atoms with Gasteiger partial charge in [-0.3, -0.25) is 0 Å². The Morgan fingerprint density at radius 3 is 1.34 bits per heavy atom. The zero-order valence-electron chi connectivity index (χ0n) is 34.3. The van der Waals surface area contributed by atoms with Crippen molar-refractivity contribution < 1.29 is 0 Å². The van der Waals surface area contributed by atoms with Gasteiger partial charge in [0.25, 0.3) is 0 Å². The van der Waals surface area contributed by atoms with E-state index in [1.165, 1.54) is 0 Å². The first-order chi connectivity index (χ1) is 30.3. The van der Waals surface area contributed by atoms with Gasteiger partial charge >= 0.3 is 0 Å². The van der Waals surface area contributed by atoms with Gasteiger partial charge in [-0.25, -0.2) is 34.9 Å². The van der Waals surface area contributed by atoms with E-state index < -0.39 is 0 Å². The molecule has 10 heteroatoms. The van der Waals surface area contributed by atoms with Crippen LogP contribution in [-0.2, 0) is 0 Å². The largest absolute Gasteiger partial charge is 0.308 e. The lowest BCUT2D eigenvalue weighted by Gasteiger charge is -2.21. The molecule has 10 nitrogen and oxygen atoms in total. The molecule has 294 valence electrons. The van der Waals surface area contributed by atoms with Gasteiger partial charge < -0.3 is 9.13 Å². The van der Waals surface area contributed by atoms with Crippen molar-refractivity contribution in [1.29, 1.82) is 5.26 Å². The van der Waals surface area contributed by atoms with Crippen molar-refractivity contribution in [3.8, 4) is 62.7 Å². The van der Waals surface area contributed by atoms with Gasteiger partial charge in [-0.05, 0) is 100 Å². The van der Waals surface area contributed by atoms with E-state index in [4.69, 9.17) is 24.9 Å². The van der Waals surface area contributed by atoms with Crippen LogP contribution < -0.4 is 0 Å². The van der Waals surface area contributed by atoms with E-state index >= 15 is 0 Å². The molecule has 0 bridgehead atoms. The molecule has 11 aromatic rings. The maximum atomic E-state index is 10.9. The van der Waals surface area contributed by atoms with Crippen molar-refractivity contribution in [1.82, 2.24) is 44.0 Å². The highest BCUT2D eigenvalue weighted by Gasteiger charge is 2.25. The number of aromatic nitrogens is 9. The Morgan fingerprint density at radius 2 is 0.839 bits per heavy atom. The van der Waals surface area contributed by atoms with Crippen LogP contribution in [0.3, 0.4) is 0 Å². The third-order valence-corrected chi connectivity index (χ3v) is 11.4. The van der Waals surface area contributed by atoms with Crippen LogP contribution >= 0.6 is 0 Å². The Kier molecular flexibility index (Phi) is 8.51. The van der Waals surface area contributed by atoms with E-state index in [1.807, 2.05) is 64.1 Å². The molecule has 0 radical (unpaired) electrons. The number of benzene rings is 6. The number of hydrogen-bond donors (Lipinski definition) is 0. The molecule has 0 aliphatic heterocycles. The minimum atomic E-state index is 0.510. The Labute approximate surface area is 356 Å². The summed E-state index contributed by atoms with van der Waals surface area (Å²) in [5.41, 5.74) is 11.3. The highest BCUT2D eigenvalue weighted by molar-refractivity contribution is 6.13. The number of nitrogens with zero attached hydrogens (tertiary/aromatic N) is 10. The van der Waals surface area contributed by atoms with E-state index in [1.54, 1.807) is 0 Å². The van der Waals surface area contributed by atoms with Gasteiger partial charge in [-0.2, -0.15) is 5.26 Å². The van der Waals surface area contributed by atoms with Crippen LogP contribution in [0, 0.1) is 39.0 Å². The normalized spacial score (nSPS) is 11.5. The molecule has 0 unspecified atom stereocenters. The zero-order chi connectivity index (χ0) is 42.1. The van der Waals surface area contributed by atoms with E-state index in [9.17, 15) is 5.26 Å². The molecule has 0 aliphatic carbocycles. The summed E-state index contributed by atoms with van der Waals surface area (Å²) >= 11 is 0. The third kappa shape index (κ3) is 6.06. The van der Waals surface area contributed by atoms with Gasteiger partial charge in [-0.15, -0.1) is 0 Å².